The fraction of sp³-hybridized carbons (Fsp3) is 0.308. The molecule has 2 aliphatic rings. The summed E-state index contributed by atoms with van der Waals surface area (Å²) < 4.78 is 6.42. The summed E-state index contributed by atoms with van der Waals surface area (Å²) in [4.78, 5) is 15.5. The maximum Gasteiger partial charge on any atom is 0.335 e. The molecule has 31 heavy (non-hydrogen) atoms. The molecule has 1 aliphatic carbocycles. The van der Waals surface area contributed by atoms with Crippen molar-refractivity contribution in [3.05, 3.63) is 82.1 Å². The largest absolute Gasteiger partial charge is 0.478 e. The minimum Gasteiger partial charge on any atom is -0.478 e. The van der Waals surface area contributed by atoms with E-state index < -0.39 is 5.97 Å². The molecule has 0 amide bonds. The van der Waals surface area contributed by atoms with Crippen molar-refractivity contribution in [2.45, 2.75) is 33.6 Å². The minimum absolute atomic E-state index is 0.0696. The highest BCUT2D eigenvalue weighted by Gasteiger charge is 2.39. The van der Waals surface area contributed by atoms with Crippen LogP contribution in [0.25, 0.3) is 0 Å². The van der Waals surface area contributed by atoms with E-state index in [2.05, 4.69) is 56.2 Å². The molecule has 0 bridgehead atoms. The lowest BCUT2D eigenvalue weighted by atomic mass is 9.73. The predicted molar refractivity (Wildman–Crippen MR) is 123 cm³/mol. The van der Waals surface area contributed by atoms with Crippen LogP contribution in [0.4, 0.5) is 5.69 Å². The van der Waals surface area contributed by atoms with E-state index in [-0.39, 0.29) is 11.8 Å². The Morgan fingerprint density at radius 2 is 1.94 bits per heavy atom. The average Bonchev–Trinajstić information content (AvgIpc) is 2.74. The van der Waals surface area contributed by atoms with Crippen molar-refractivity contribution in [2.75, 3.05) is 18.4 Å². The Hall–Kier alpha value is -3.34. The molecule has 2 aromatic carbocycles. The number of ether oxygens (including phenoxy) is 1. The number of rotatable bonds is 5. The first-order valence-electron chi connectivity index (χ1n) is 10.8. The summed E-state index contributed by atoms with van der Waals surface area (Å²) in [5.74, 6) is 0.491. The van der Waals surface area contributed by atoms with Crippen LogP contribution >= 0.6 is 0 Å². The molecule has 0 spiro atoms. The predicted octanol–water partition coefficient (Wildman–Crippen LogP) is 3.65. The zero-order chi connectivity index (χ0) is 22.1. The molecule has 4 rings (SSSR count). The number of anilines is 1. The van der Waals surface area contributed by atoms with Gasteiger partial charge in [-0.2, -0.15) is 0 Å². The van der Waals surface area contributed by atoms with E-state index in [1.165, 1.54) is 0 Å². The monoisotopic (exact) mass is 417 g/mol. The van der Waals surface area contributed by atoms with Crippen LogP contribution in [0.1, 0.15) is 53.7 Å². The third-order valence-corrected chi connectivity index (χ3v) is 6.01. The Kier molecular flexibility index (Phi) is 5.68. The molecule has 2 unspecified atom stereocenters. The maximum atomic E-state index is 12.1. The number of allylic oxidation sites excluding steroid dienone is 3. The van der Waals surface area contributed by atoms with Crippen LogP contribution in [0.2, 0.25) is 0 Å². The third-order valence-electron chi connectivity index (χ3n) is 6.01. The normalized spacial score (nSPS) is 20.8. The van der Waals surface area contributed by atoms with Gasteiger partial charge >= 0.3 is 5.97 Å². The highest BCUT2D eigenvalue weighted by molar-refractivity contribution is 6.05. The Morgan fingerprint density at radius 1 is 1.16 bits per heavy atom. The number of carbonyl (C=O) groups is 1. The van der Waals surface area contributed by atoms with Crippen LogP contribution in [0.15, 0.2) is 59.9 Å². The molecule has 0 saturated carbocycles. The zero-order valence-electron chi connectivity index (χ0n) is 18.5. The SMILES string of the molecule is CCNc1cc2c(cc1C)C(c1ccccc1C(=O)O)C1C=C(C)C(=[NH+]CC)C=C1O2. The highest BCUT2D eigenvalue weighted by Crippen LogP contribution is 2.49. The lowest BCUT2D eigenvalue weighted by Gasteiger charge is -2.37. The first kappa shape index (κ1) is 20.9. The van der Waals surface area contributed by atoms with E-state index in [1.54, 1.807) is 12.1 Å². The van der Waals surface area contributed by atoms with Gasteiger partial charge in [-0.15, -0.1) is 0 Å². The summed E-state index contributed by atoms with van der Waals surface area (Å²) in [5, 5.41) is 13.3. The van der Waals surface area contributed by atoms with Crippen molar-refractivity contribution >= 4 is 17.4 Å². The Morgan fingerprint density at radius 3 is 2.65 bits per heavy atom. The van der Waals surface area contributed by atoms with Crippen molar-refractivity contribution in [3.63, 3.8) is 0 Å². The van der Waals surface area contributed by atoms with Gasteiger partial charge in [-0.3, -0.25) is 0 Å². The number of carboxylic acid groups (broad SMARTS) is 1. The van der Waals surface area contributed by atoms with Crippen LogP contribution in [0.3, 0.4) is 0 Å². The fourth-order valence-electron chi connectivity index (χ4n) is 4.60. The number of nitrogens with one attached hydrogen (secondary N) is 2. The number of fused-ring (bicyclic) bond motifs is 2. The smallest absolute Gasteiger partial charge is 0.335 e. The van der Waals surface area contributed by atoms with Crippen LogP contribution in [0, 0.1) is 12.8 Å². The van der Waals surface area contributed by atoms with Gasteiger partial charge in [0.25, 0.3) is 0 Å². The Bertz CT molecular complexity index is 1130. The molecule has 0 aromatic heterocycles. The Balaban J connectivity index is 1.96. The van der Waals surface area contributed by atoms with Crippen molar-refractivity contribution < 1.29 is 19.6 Å². The molecule has 0 saturated heterocycles. The second kappa shape index (κ2) is 8.42. The van der Waals surface area contributed by atoms with Crippen molar-refractivity contribution in [1.82, 2.24) is 0 Å². The van der Waals surface area contributed by atoms with E-state index in [1.807, 2.05) is 18.2 Å². The second-order valence-corrected chi connectivity index (χ2v) is 8.07. The summed E-state index contributed by atoms with van der Waals surface area (Å²) in [6.07, 6.45) is 4.27. The third kappa shape index (κ3) is 3.76. The number of aromatic carboxylic acids is 1. The van der Waals surface area contributed by atoms with Crippen molar-refractivity contribution in [1.29, 1.82) is 0 Å². The van der Waals surface area contributed by atoms with E-state index in [0.717, 1.165) is 58.3 Å². The topological polar surface area (TPSA) is 72.5 Å². The lowest BCUT2D eigenvalue weighted by Crippen LogP contribution is -2.72. The molecule has 160 valence electrons. The summed E-state index contributed by atoms with van der Waals surface area (Å²) in [6, 6.07) is 11.5. The average molecular weight is 418 g/mol. The van der Waals surface area contributed by atoms with E-state index in [4.69, 9.17) is 4.74 Å². The highest BCUT2D eigenvalue weighted by atomic mass is 16.5. The summed E-state index contributed by atoms with van der Waals surface area (Å²) in [7, 11) is 0. The summed E-state index contributed by atoms with van der Waals surface area (Å²) in [6.45, 7) is 9.93. The summed E-state index contributed by atoms with van der Waals surface area (Å²) in [5.41, 5.74) is 6.49. The van der Waals surface area contributed by atoms with E-state index in [9.17, 15) is 9.90 Å². The van der Waals surface area contributed by atoms with Gasteiger partial charge in [0.05, 0.1) is 5.56 Å². The molecular weight excluding hydrogens is 388 g/mol. The first-order valence-corrected chi connectivity index (χ1v) is 10.8. The fourth-order valence-corrected chi connectivity index (χ4v) is 4.60. The quantitative estimate of drug-likeness (QED) is 0.694. The molecule has 2 atom stereocenters. The number of hydrogen-bond donors (Lipinski definition) is 3. The standard InChI is InChI=1S/C26H28N2O3/c1-5-27-21-13-23-19(11-15(21)3)25(17-9-7-8-10-18(17)26(29)30)20-12-16(4)22(28-6-2)14-24(20)31-23/h7-14,19,25,28H,5-6H2,1-4H3,(H,29,30)/p+1. The minimum atomic E-state index is -0.911. The second-order valence-electron chi connectivity index (χ2n) is 8.07. The molecule has 5 heteroatoms. The first-order chi connectivity index (χ1) is 14.9. The lowest BCUT2D eigenvalue weighted by molar-refractivity contribution is -0.451. The number of hydrogen-bond acceptors (Lipinski definition) is 3. The van der Waals surface area contributed by atoms with Crippen molar-refractivity contribution in [3.8, 4) is 5.75 Å². The van der Waals surface area contributed by atoms with E-state index in [0.29, 0.717) is 5.56 Å². The maximum absolute atomic E-state index is 12.1. The molecule has 1 aliphatic heterocycles. The molecule has 2 aromatic rings. The van der Waals surface area contributed by atoms with Gasteiger partial charge in [-0.1, -0.05) is 24.3 Å². The van der Waals surface area contributed by atoms with Crippen molar-refractivity contribution in [2.24, 2.45) is 5.92 Å². The van der Waals surface area contributed by atoms with Gasteiger partial charge in [0.2, 0.25) is 5.71 Å². The molecule has 0 fully saturated rings. The van der Waals surface area contributed by atoms with Crippen LogP contribution < -0.4 is 15.0 Å². The number of carboxylic acids is 1. The summed E-state index contributed by atoms with van der Waals surface area (Å²) >= 11 is 0. The van der Waals surface area contributed by atoms with Gasteiger partial charge in [0.1, 0.15) is 18.1 Å². The molecule has 3 N–H and O–H groups in total. The zero-order valence-corrected chi connectivity index (χ0v) is 18.5. The van der Waals surface area contributed by atoms with Gasteiger partial charge in [0, 0.05) is 47.3 Å². The Labute approximate surface area is 183 Å². The van der Waals surface area contributed by atoms with Gasteiger partial charge < -0.3 is 15.2 Å². The van der Waals surface area contributed by atoms with Crippen LogP contribution in [-0.2, 0) is 0 Å². The van der Waals surface area contributed by atoms with Gasteiger partial charge in [-0.25, -0.2) is 9.79 Å². The van der Waals surface area contributed by atoms with E-state index >= 15 is 0 Å². The number of benzene rings is 2. The van der Waals surface area contributed by atoms with Gasteiger partial charge in [0.15, 0.2) is 0 Å². The van der Waals surface area contributed by atoms with Crippen LogP contribution in [-0.4, -0.2) is 29.9 Å². The molecular formula is C26H29N2O3+. The molecule has 5 nitrogen and oxygen atoms in total. The van der Waals surface area contributed by atoms with Gasteiger partial charge in [-0.05, 0) is 51.0 Å². The number of aryl methyl sites for hydroxylation is 1. The molecule has 0 radical (unpaired) electrons. The molecule has 1 heterocycles. The van der Waals surface area contributed by atoms with Crippen LogP contribution in [0.5, 0.6) is 5.75 Å².